The highest BCUT2D eigenvalue weighted by Gasteiger charge is 2.19. The molecule has 0 bridgehead atoms. The first-order chi connectivity index (χ1) is 13.1. The number of benzene rings is 1. The average Bonchev–Trinajstić information content (AvgIpc) is 3.22. The van der Waals surface area contributed by atoms with Gasteiger partial charge in [-0.15, -0.1) is 0 Å². The summed E-state index contributed by atoms with van der Waals surface area (Å²) in [7, 11) is 0. The molecule has 1 aliphatic heterocycles. The van der Waals surface area contributed by atoms with Gasteiger partial charge in [0.1, 0.15) is 5.69 Å². The molecule has 3 heterocycles. The summed E-state index contributed by atoms with van der Waals surface area (Å²) in [4.78, 5) is 38.4. The van der Waals surface area contributed by atoms with Crippen molar-refractivity contribution in [2.75, 3.05) is 18.0 Å². The van der Waals surface area contributed by atoms with Crippen LogP contribution in [-0.4, -0.2) is 33.9 Å². The Labute approximate surface area is 156 Å². The molecule has 1 atom stereocenters. The molecular weight excluding hydrogens is 342 g/mol. The molecule has 1 amide bonds. The number of hydrogen-bond donors (Lipinski definition) is 2. The molecule has 2 aromatic heterocycles. The minimum absolute atomic E-state index is 0.216. The van der Waals surface area contributed by atoms with E-state index >= 15 is 0 Å². The van der Waals surface area contributed by atoms with Crippen molar-refractivity contribution in [2.45, 2.75) is 25.8 Å². The SMILES string of the molecule is C[C@@H](NC(=O)c1ccc2ccccc2n1)c1cc(=O)[nH]c(N2CCCC2)n1. The number of nitrogens with zero attached hydrogens (tertiary/aromatic N) is 3. The number of carbonyl (C=O) groups is 1. The van der Waals surface area contributed by atoms with E-state index in [2.05, 4.69) is 25.2 Å². The van der Waals surface area contributed by atoms with E-state index in [4.69, 9.17) is 0 Å². The summed E-state index contributed by atoms with van der Waals surface area (Å²) in [5.41, 5.74) is 1.43. The number of aromatic nitrogens is 3. The Morgan fingerprint density at radius 1 is 1.15 bits per heavy atom. The second kappa shape index (κ2) is 7.19. The van der Waals surface area contributed by atoms with Crippen LogP contribution in [0.25, 0.3) is 10.9 Å². The van der Waals surface area contributed by atoms with Crippen molar-refractivity contribution in [3.8, 4) is 0 Å². The van der Waals surface area contributed by atoms with Crippen LogP contribution in [0.5, 0.6) is 0 Å². The van der Waals surface area contributed by atoms with E-state index in [9.17, 15) is 9.59 Å². The molecule has 3 aromatic rings. The van der Waals surface area contributed by atoms with Gasteiger partial charge in [-0.3, -0.25) is 14.6 Å². The second-order valence-electron chi connectivity index (χ2n) is 6.77. The molecule has 7 nitrogen and oxygen atoms in total. The van der Waals surface area contributed by atoms with E-state index in [-0.39, 0.29) is 11.5 Å². The largest absolute Gasteiger partial charge is 0.343 e. The lowest BCUT2D eigenvalue weighted by atomic mass is 10.2. The van der Waals surface area contributed by atoms with Gasteiger partial charge in [0, 0.05) is 24.5 Å². The second-order valence-corrected chi connectivity index (χ2v) is 6.77. The lowest BCUT2D eigenvalue weighted by Crippen LogP contribution is -2.30. The van der Waals surface area contributed by atoms with Gasteiger partial charge in [0.25, 0.3) is 11.5 Å². The maximum atomic E-state index is 12.6. The van der Waals surface area contributed by atoms with E-state index in [1.54, 1.807) is 6.07 Å². The fourth-order valence-electron chi connectivity index (χ4n) is 3.30. The number of fused-ring (bicyclic) bond motifs is 1. The number of para-hydroxylation sites is 1. The van der Waals surface area contributed by atoms with Gasteiger partial charge in [-0.25, -0.2) is 9.97 Å². The van der Waals surface area contributed by atoms with Gasteiger partial charge >= 0.3 is 0 Å². The van der Waals surface area contributed by atoms with Gasteiger partial charge in [-0.05, 0) is 31.9 Å². The van der Waals surface area contributed by atoms with Crippen molar-refractivity contribution in [1.29, 1.82) is 0 Å². The fourth-order valence-corrected chi connectivity index (χ4v) is 3.30. The summed E-state index contributed by atoms with van der Waals surface area (Å²) in [6.07, 6.45) is 2.18. The zero-order chi connectivity index (χ0) is 18.8. The summed E-state index contributed by atoms with van der Waals surface area (Å²) >= 11 is 0. The molecule has 1 fully saturated rings. The Hall–Kier alpha value is -3.22. The molecule has 7 heteroatoms. The molecule has 0 aliphatic carbocycles. The number of amides is 1. The molecule has 0 radical (unpaired) electrons. The van der Waals surface area contributed by atoms with E-state index < -0.39 is 6.04 Å². The number of anilines is 1. The molecule has 1 aliphatic rings. The molecule has 138 valence electrons. The number of pyridine rings is 1. The summed E-state index contributed by atoms with van der Waals surface area (Å²) in [6.45, 7) is 3.58. The molecule has 27 heavy (non-hydrogen) atoms. The standard InChI is InChI=1S/C20H21N5O2/c1-13(17-12-18(26)24-20(23-17)25-10-4-5-11-25)21-19(27)16-9-8-14-6-2-3-7-15(14)22-16/h2-3,6-9,12-13H,4-5,10-11H2,1H3,(H,21,27)(H,23,24,26)/t13-/m1/s1. The predicted molar refractivity (Wildman–Crippen MR) is 104 cm³/mol. The number of hydrogen-bond acceptors (Lipinski definition) is 5. The Kier molecular flexibility index (Phi) is 4.58. The molecule has 4 rings (SSSR count). The van der Waals surface area contributed by atoms with Crippen LogP contribution in [0.3, 0.4) is 0 Å². The molecular formula is C20H21N5O2. The Morgan fingerprint density at radius 2 is 1.93 bits per heavy atom. The van der Waals surface area contributed by atoms with Crippen LogP contribution in [0.2, 0.25) is 0 Å². The summed E-state index contributed by atoms with van der Waals surface area (Å²) in [5.74, 6) is 0.276. The zero-order valence-corrected chi connectivity index (χ0v) is 15.1. The Balaban J connectivity index is 1.54. The van der Waals surface area contributed by atoms with E-state index in [1.807, 2.05) is 37.3 Å². The van der Waals surface area contributed by atoms with Crippen LogP contribution in [0.15, 0.2) is 47.3 Å². The summed E-state index contributed by atoms with van der Waals surface area (Å²) < 4.78 is 0. The van der Waals surface area contributed by atoms with Gasteiger partial charge in [-0.2, -0.15) is 0 Å². The lowest BCUT2D eigenvalue weighted by Gasteiger charge is -2.18. The highest BCUT2D eigenvalue weighted by molar-refractivity contribution is 5.95. The highest BCUT2D eigenvalue weighted by Crippen LogP contribution is 2.17. The molecule has 0 saturated carbocycles. The quantitative estimate of drug-likeness (QED) is 0.743. The molecule has 0 spiro atoms. The molecule has 1 aromatic carbocycles. The monoisotopic (exact) mass is 363 g/mol. The normalized spacial score (nSPS) is 15.1. The number of nitrogens with one attached hydrogen (secondary N) is 2. The molecule has 0 unspecified atom stereocenters. The van der Waals surface area contributed by atoms with Crippen LogP contribution < -0.4 is 15.8 Å². The maximum Gasteiger partial charge on any atom is 0.270 e. The van der Waals surface area contributed by atoms with Crippen molar-refractivity contribution in [3.63, 3.8) is 0 Å². The van der Waals surface area contributed by atoms with Crippen molar-refractivity contribution in [1.82, 2.24) is 20.3 Å². The highest BCUT2D eigenvalue weighted by atomic mass is 16.2. The first-order valence-electron chi connectivity index (χ1n) is 9.13. The van der Waals surface area contributed by atoms with Gasteiger partial charge < -0.3 is 10.2 Å². The van der Waals surface area contributed by atoms with E-state index in [1.165, 1.54) is 6.07 Å². The minimum atomic E-state index is -0.408. The number of carbonyl (C=O) groups excluding carboxylic acids is 1. The summed E-state index contributed by atoms with van der Waals surface area (Å²) in [6, 6.07) is 12.2. The number of rotatable bonds is 4. The fraction of sp³-hybridized carbons (Fsp3) is 0.300. The Bertz CT molecular complexity index is 1040. The van der Waals surface area contributed by atoms with Crippen LogP contribution in [-0.2, 0) is 0 Å². The zero-order valence-electron chi connectivity index (χ0n) is 15.1. The van der Waals surface area contributed by atoms with Crippen LogP contribution >= 0.6 is 0 Å². The van der Waals surface area contributed by atoms with Gasteiger partial charge in [0.2, 0.25) is 5.95 Å². The smallest absolute Gasteiger partial charge is 0.270 e. The maximum absolute atomic E-state index is 12.6. The Morgan fingerprint density at radius 3 is 2.74 bits per heavy atom. The average molecular weight is 363 g/mol. The lowest BCUT2D eigenvalue weighted by molar-refractivity contribution is 0.0934. The van der Waals surface area contributed by atoms with Crippen molar-refractivity contribution < 1.29 is 4.79 Å². The van der Waals surface area contributed by atoms with Gasteiger partial charge in [0.15, 0.2) is 0 Å². The third kappa shape index (κ3) is 3.67. The number of H-pyrrole nitrogens is 1. The first kappa shape index (κ1) is 17.2. The predicted octanol–water partition coefficient (Wildman–Crippen LogP) is 2.41. The van der Waals surface area contributed by atoms with E-state index in [0.717, 1.165) is 36.8 Å². The van der Waals surface area contributed by atoms with Gasteiger partial charge in [-0.1, -0.05) is 24.3 Å². The van der Waals surface area contributed by atoms with Crippen LogP contribution in [0.4, 0.5) is 5.95 Å². The molecule has 1 saturated heterocycles. The van der Waals surface area contributed by atoms with Crippen molar-refractivity contribution in [2.24, 2.45) is 0 Å². The number of aromatic amines is 1. The third-order valence-corrected chi connectivity index (χ3v) is 4.78. The third-order valence-electron chi connectivity index (χ3n) is 4.78. The van der Waals surface area contributed by atoms with Crippen LogP contribution in [0, 0.1) is 0 Å². The van der Waals surface area contributed by atoms with Crippen molar-refractivity contribution >= 4 is 22.8 Å². The van der Waals surface area contributed by atoms with E-state index in [0.29, 0.717) is 17.3 Å². The topological polar surface area (TPSA) is 91.0 Å². The van der Waals surface area contributed by atoms with Crippen LogP contribution in [0.1, 0.15) is 42.0 Å². The molecule has 2 N–H and O–H groups in total. The minimum Gasteiger partial charge on any atom is -0.343 e. The van der Waals surface area contributed by atoms with Crippen molar-refractivity contribution in [3.05, 3.63) is 64.2 Å². The summed E-state index contributed by atoms with van der Waals surface area (Å²) in [5, 5.41) is 3.87. The first-order valence-corrected chi connectivity index (χ1v) is 9.13. The van der Waals surface area contributed by atoms with Gasteiger partial charge in [0.05, 0.1) is 17.3 Å².